The van der Waals surface area contributed by atoms with E-state index >= 15 is 0 Å². The highest BCUT2D eigenvalue weighted by molar-refractivity contribution is 6.22. The molecule has 0 radical (unpaired) electrons. The Morgan fingerprint density at radius 3 is 2.69 bits per heavy atom. The van der Waals surface area contributed by atoms with Gasteiger partial charge in [0.25, 0.3) is 0 Å². The largest absolute Gasteiger partial charge is 0.469 e. The minimum absolute atomic E-state index is 0.0664. The third kappa shape index (κ3) is 4.45. The molecule has 8 nitrogen and oxygen atoms in total. The van der Waals surface area contributed by atoms with Crippen LogP contribution < -0.4 is 21.5 Å². The molecule has 148 valence electrons. The van der Waals surface area contributed by atoms with Crippen molar-refractivity contribution in [2.45, 2.75) is 55.5 Å². The number of ether oxygens (including phenoxy) is 1. The van der Waals surface area contributed by atoms with Crippen molar-refractivity contribution in [3.8, 4) is 0 Å². The van der Waals surface area contributed by atoms with Crippen LogP contribution in [0.3, 0.4) is 0 Å². The van der Waals surface area contributed by atoms with Gasteiger partial charge >= 0.3 is 5.97 Å². The van der Waals surface area contributed by atoms with E-state index in [0.717, 1.165) is 26.2 Å². The molecule has 2 saturated heterocycles. The minimum atomic E-state index is -1.15. The fraction of sp³-hybridized carbons (Fsp3) is 0.875. The van der Waals surface area contributed by atoms with Gasteiger partial charge in [0.05, 0.1) is 24.6 Å². The molecule has 1 saturated carbocycles. The molecule has 1 amide bonds. The van der Waals surface area contributed by atoms with E-state index in [0.29, 0.717) is 6.42 Å². The van der Waals surface area contributed by atoms with E-state index in [2.05, 4.69) is 26.4 Å². The summed E-state index contributed by atoms with van der Waals surface area (Å²) in [7, 11) is 1.27. The first-order valence-corrected chi connectivity index (χ1v) is 9.55. The lowest BCUT2D eigenvalue weighted by Crippen LogP contribution is -2.63. The normalized spacial score (nSPS) is 38.7. The van der Waals surface area contributed by atoms with Crippen molar-refractivity contribution < 1.29 is 18.7 Å². The maximum atomic E-state index is 13.9. The van der Waals surface area contributed by atoms with Gasteiger partial charge in [0.15, 0.2) is 0 Å². The van der Waals surface area contributed by atoms with Crippen LogP contribution in [-0.2, 0) is 14.3 Å². The summed E-state index contributed by atoms with van der Waals surface area (Å²) in [5.74, 6) is -1.51. The van der Waals surface area contributed by atoms with Gasteiger partial charge in [-0.05, 0) is 25.7 Å². The smallest absolute Gasteiger partial charge is 0.312 e. The highest BCUT2D eigenvalue weighted by Gasteiger charge is 2.43. The second kappa shape index (κ2) is 8.79. The Labute approximate surface area is 157 Å². The van der Waals surface area contributed by atoms with Crippen molar-refractivity contribution in [1.29, 1.82) is 0 Å². The zero-order valence-corrected chi connectivity index (χ0v) is 15.6. The van der Waals surface area contributed by atoms with Gasteiger partial charge in [-0.3, -0.25) is 14.5 Å². The number of methoxy groups -OCH3 is 1. The molecular formula is C16H27ClFN5O3. The van der Waals surface area contributed by atoms with Crippen LogP contribution in [-0.4, -0.2) is 73.4 Å². The molecular weight excluding hydrogens is 365 g/mol. The summed E-state index contributed by atoms with van der Waals surface area (Å²) in [6.07, 6.45) is 0.655. The van der Waals surface area contributed by atoms with Crippen LogP contribution >= 0.6 is 11.6 Å². The fourth-order valence-corrected chi connectivity index (χ4v) is 4.44. The van der Waals surface area contributed by atoms with E-state index < -0.39 is 35.5 Å². The lowest BCUT2D eigenvalue weighted by molar-refractivity contribution is -0.148. The summed E-state index contributed by atoms with van der Waals surface area (Å²) < 4.78 is 18.7. The lowest BCUT2D eigenvalue weighted by Gasteiger charge is -2.38. The summed E-state index contributed by atoms with van der Waals surface area (Å²) in [4.78, 5) is 26.9. The van der Waals surface area contributed by atoms with Gasteiger partial charge in [-0.2, -0.15) is 0 Å². The zero-order chi connectivity index (χ0) is 18.7. The predicted molar refractivity (Wildman–Crippen MR) is 93.9 cm³/mol. The van der Waals surface area contributed by atoms with Crippen LogP contribution in [0.25, 0.3) is 0 Å². The molecule has 26 heavy (non-hydrogen) atoms. The topological polar surface area (TPSA) is 94.7 Å². The Kier molecular flexibility index (Phi) is 6.68. The van der Waals surface area contributed by atoms with E-state index in [1.54, 1.807) is 0 Å². The molecule has 0 aromatic carbocycles. The lowest BCUT2D eigenvalue weighted by atomic mass is 9.82. The molecule has 10 heteroatoms. The van der Waals surface area contributed by atoms with Crippen LogP contribution in [0.15, 0.2) is 0 Å². The van der Waals surface area contributed by atoms with Crippen molar-refractivity contribution >= 4 is 23.5 Å². The molecule has 6 unspecified atom stereocenters. The minimum Gasteiger partial charge on any atom is -0.469 e. The standard InChI is InChI=1S/C16H27ClFN5O3/c1-26-16(25)14-10(17)6-9(18)7-12(14)20-15(24)11-2-3-13(22-21-11)23-5-4-19-8-23/h9-14,19,21-22H,2-8H2,1H3,(H,20,24). The average Bonchev–Trinajstić information content (AvgIpc) is 3.15. The molecule has 3 fully saturated rings. The molecule has 1 aliphatic carbocycles. The van der Waals surface area contributed by atoms with E-state index in [4.69, 9.17) is 16.3 Å². The first-order valence-electron chi connectivity index (χ1n) is 9.11. The second-order valence-electron chi connectivity index (χ2n) is 7.15. The molecule has 0 aromatic heterocycles. The molecule has 0 aromatic rings. The van der Waals surface area contributed by atoms with Gasteiger partial charge < -0.3 is 15.4 Å². The third-order valence-corrected chi connectivity index (χ3v) is 5.87. The summed E-state index contributed by atoms with van der Waals surface area (Å²) in [6.45, 7) is 2.75. The van der Waals surface area contributed by atoms with Crippen LogP contribution in [0.4, 0.5) is 4.39 Å². The van der Waals surface area contributed by atoms with E-state index in [-0.39, 0.29) is 24.9 Å². The van der Waals surface area contributed by atoms with Crippen molar-refractivity contribution in [2.75, 3.05) is 26.9 Å². The Bertz CT molecular complexity index is 514. The number of hydrazine groups is 1. The molecule has 2 aliphatic heterocycles. The quantitative estimate of drug-likeness (QED) is 0.377. The second-order valence-corrected chi connectivity index (χ2v) is 7.71. The number of halogens is 2. The van der Waals surface area contributed by atoms with Gasteiger partial charge in [-0.15, -0.1) is 11.6 Å². The van der Waals surface area contributed by atoms with Crippen LogP contribution in [0.1, 0.15) is 25.7 Å². The monoisotopic (exact) mass is 391 g/mol. The van der Waals surface area contributed by atoms with Crippen molar-refractivity contribution in [2.24, 2.45) is 5.92 Å². The number of carbonyl (C=O) groups is 2. The maximum absolute atomic E-state index is 13.9. The number of rotatable bonds is 4. The Morgan fingerprint density at radius 1 is 1.27 bits per heavy atom. The fourth-order valence-electron chi connectivity index (χ4n) is 3.97. The van der Waals surface area contributed by atoms with Crippen molar-refractivity contribution in [3.63, 3.8) is 0 Å². The van der Waals surface area contributed by atoms with Crippen LogP contribution in [0, 0.1) is 5.92 Å². The van der Waals surface area contributed by atoms with Crippen LogP contribution in [0.2, 0.25) is 0 Å². The molecule has 0 bridgehead atoms. The first kappa shape index (κ1) is 19.8. The van der Waals surface area contributed by atoms with Gasteiger partial charge in [-0.1, -0.05) is 0 Å². The van der Waals surface area contributed by atoms with E-state index in [1.807, 2.05) is 0 Å². The Morgan fingerprint density at radius 2 is 2.08 bits per heavy atom. The number of amides is 1. The van der Waals surface area contributed by atoms with Crippen LogP contribution in [0.5, 0.6) is 0 Å². The van der Waals surface area contributed by atoms with Gasteiger partial charge in [-0.25, -0.2) is 15.2 Å². The highest BCUT2D eigenvalue weighted by Crippen LogP contribution is 2.32. The number of hydrogen-bond acceptors (Lipinski definition) is 7. The summed E-state index contributed by atoms with van der Waals surface area (Å²) in [5.41, 5.74) is 6.22. The molecule has 4 N–H and O–H groups in total. The van der Waals surface area contributed by atoms with Gasteiger partial charge in [0.1, 0.15) is 12.2 Å². The number of nitrogens with one attached hydrogen (secondary N) is 4. The first-order chi connectivity index (χ1) is 12.5. The number of esters is 1. The maximum Gasteiger partial charge on any atom is 0.312 e. The SMILES string of the molecule is COC(=O)C1C(Cl)CC(F)CC1NC(=O)C1CCC(N2CCNC2)NN1. The van der Waals surface area contributed by atoms with Gasteiger partial charge in [0, 0.05) is 25.8 Å². The van der Waals surface area contributed by atoms with E-state index in [9.17, 15) is 14.0 Å². The number of nitrogens with zero attached hydrogens (tertiary/aromatic N) is 1. The molecule has 2 heterocycles. The zero-order valence-electron chi connectivity index (χ0n) is 14.8. The highest BCUT2D eigenvalue weighted by atomic mass is 35.5. The number of hydrogen-bond donors (Lipinski definition) is 4. The molecule has 3 aliphatic rings. The number of alkyl halides is 2. The Hall–Kier alpha value is -1.00. The molecule has 6 atom stereocenters. The predicted octanol–water partition coefficient (Wildman–Crippen LogP) is -0.555. The Balaban J connectivity index is 1.55. The van der Waals surface area contributed by atoms with Gasteiger partial charge in [0.2, 0.25) is 5.91 Å². The number of carbonyl (C=O) groups excluding carboxylic acids is 2. The third-order valence-electron chi connectivity index (χ3n) is 5.42. The summed E-state index contributed by atoms with van der Waals surface area (Å²) in [5, 5.41) is 5.39. The van der Waals surface area contributed by atoms with Crippen molar-refractivity contribution in [3.05, 3.63) is 0 Å². The summed E-state index contributed by atoms with van der Waals surface area (Å²) >= 11 is 6.18. The summed E-state index contributed by atoms with van der Waals surface area (Å²) in [6, 6.07) is -1.10. The van der Waals surface area contributed by atoms with E-state index in [1.165, 1.54) is 7.11 Å². The molecule has 3 rings (SSSR count). The van der Waals surface area contributed by atoms with Crippen molar-refractivity contribution in [1.82, 2.24) is 26.4 Å². The molecule has 0 spiro atoms. The average molecular weight is 392 g/mol.